The minimum absolute atomic E-state index is 0.0466. The second-order valence-corrected chi connectivity index (χ2v) is 6.97. The van der Waals surface area contributed by atoms with Crippen molar-refractivity contribution >= 4 is 5.91 Å². The molecule has 0 atom stereocenters. The van der Waals surface area contributed by atoms with Gasteiger partial charge in [0, 0.05) is 11.7 Å². The standard InChI is InChI=1S/C15H19N3O2/c16-13(19)12-1-2-18(14(20)17-12)15-6-9-3-10(7-15)5-11(4-9)8-15/h1-2,9-11H,3-8H2,(H2,16,19). The SMILES string of the molecule is NC(=O)c1ccn(C23CC4CC(CC(C4)C2)C3)c(=O)n1. The molecule has 4 saturated carbocycles. The molecular formula is C15H19N3O2. The van der Waals surface area contributed by atoms with E-state index >= 15 is 0 Å². The molecule has 4 fully saturated rings. The van der Waals surface area contributed by atoms with E-state index < -0.39 is 5.91 Å². The quantitative estimate of drug-likeness (QED) is 0.881. The van der Waals surface area contributed by atoms with E-state index in [1.807, 2.05) is 0 Å². The van der Waals surface area contributed by atoms with Crippen molar-refractivity contribution in [3.05, 3.63) is 28.4 Å². The molecule has 106 valence electrons. The maximum atomic E-state index is 12.3. The van der Waals surface area contributed by atoms with Gasteiger partial charge in [0.1, 0.15) is 5.69 Å². The maximum absolute atomic E-state index is 12.3. The number of hydrogen-bond acceptors (Lipinski definition) is 3. The van der Waals surface area contributed by atoms with Gasteiger partial charge in [-0.2, -0.15) is 4.98 Å². The van der Waals surface area contributed by atoms with Gasteiger partial charge in [0.25, 0.3) is 5.91 Å². The van der Waals surface area contributed by atoms with Crippen LogP contribution in [0.3, 0.4) is 0 Å². The van der Waals surface area contributed by atoms with Crippen LogP contribution < -0.4 is 11.4 Å². The van der Waals surface area contributed by atoms with Crippen LogP contribution in [0.2, 0.25) is 0 Å². The van der Waals surface area contributed by atoms with E-state index in [1.54, 1.807) is 16.8 Å². The summed E-state index contributed by atoms with van der Waals surface area (Å²) in [6, 6.07) is 1.59. The summed E-state index contributed by atoms with van der Waals surface area (Å²) in [5.74, 6) is 1.66. The first kappa shape index (κ1) is 12.1. The second kappa shape index (κ2) is 3.93. The van der Waals surface area contributed by atoms with Gasteiger partial charge in [-0.1, -0.05) is 0 Å². The van der Waals surface area contributed by atoms with E-state index in [2.05, 4.69) is 4.98 Å². The molecule has 0 aliphatic heterocycles. The van der Waals surface area contributed by atoms with Crippen LogP contribution >= 0.6 is 0 Å². The molecule has 4 aliphatic carbocycles. The summed E-state index contributed by atoms with van der Waals surface area (Å²) in [4.78, 5) is 27.3. The Morgan fingerprint density at radius 1 is 1.20 bits per heavy atom. The van der Waals surface area contributed by atoms with Crippen molar-refractivity contribution in [1.29, 1.82) is 0 Å². The monoisotopic (exact) mass is 273 g/mol. The molecule has 2 N–H and O–H groups in total. The van der Waals surface area contributed by atoms with Crippen molar-refractivity contribution in [3.63, 3.8) is 0 Å². The molecule has 0 unspecified atom stereocenters. The number of carbonyl (C=O) groups excluding carboxylic acids is 1. The van der Waals surface area contributed by atoms with Gasteiger partial charge in [0.15, 0.2) is 0 Å². The van der Waals surface area contributed by atoms with E-state index in [4.69, 9.17) is 5.73 Å². The molecule has 0 radical (unpaired) electrons. The smallest absolute Gasteiger partial charge is 0.348 e. The summed E-state index contributed by atoms with van der Waals surface area (Å²) in [6.45, 7) is 0. The number of carbonyl (C=O) groups is 1. The van der Waals surface area contributed by atoms with Gasteiger partial charge in [-0.15, -0.1) is 0 Å². The minimum atomic E-state index is -0.639. The van der Waals surface area contributed by atoms with Gasteiger partial charge >= 0.3 is 5.69 Å². The first-order chi connectivity index (χ1) is 9.56. The third kappa shape index (κ3) is 1.65. The van der Waals surface area contributed by atoms with Crippen LogP contribution in [0.25, 0.3) is 0 Å². The molecule has 20 heavy (non-hydrogen) atoms. The molecule has 0 spiro atoms. The fourth-order valence-corrected chi connectivity index (χ4v) is 5.26. The number of hydrogen-bond donors (Lipinski definition) is 1. The highest BCUT2D eigenvalue weighted by atomic mass is 16.2. The summed E-state index contributed by atoms with van der Waals surface area (Å²) >= 11 is 0. The highest BCUT2D eigenvalue weighted by Crippen LogP contribution is 2.58. The Morgan fingerprint density at radius 3 is 2.20 bits per heavy atom. The number of aromatic nitrogens is 2. The normalized spacial score (nSPS) is 38.1. The lowest BCUT2D eigenvalue weighted by Gasteiger charge is -2.57. The number of primary amides is 1. The molecule has 0 aromatic carbocycles. The number of nitrogens with two attached hydrogens (primary N) is 1. The van der Waals surface area contributed by atoms with Crippen LogP contribution in [-0.4, -0.2) is 15.5 Å². The third-order valence-corrected chi connectivity index (χ3v) is 5.57. The van der Waals surface area contributed by atoms with Crippen molar-refractivity contribution in [2.75, 3.05) is 0 Å². The lowest BCUT2D eigenvalue weighted by molar-refractivity contribution is -0.0455. The maximum Gasteiger partial charge on any atom is 0.348 e. The van der Waals surface area contributed by atoms with Crippen LogP contribution in [-0.2, 0) is 5.54 Å². The van der Waals surface area contributed by atoms with E-state index in [0.29, 0.717) is 0 Å². The predicted molar refractivity (Wildman–Crippen MR) is 73.2 cm³/mol. The fraction of sp³-hybridized carbons (Fsp3) is 0.667. The average Bonchev–Trinajstić information content (AvgIpc) is 2.36. The van der Waals surface area contributed by atoms with Gasteiger partial charge in [-0.25, -0.2) is 4.79 Å². The molecule has 1 amide bonds. The Morgan fingerprint density at radius 2 is 1.75 bits per heavy atom. The predicted octanol–water partition coefficient (Wildman–Crippen LogP) is 1.27. The van der Waals surface area contributed by atoms with Gasteiger partial charge in [-0.05, 0) is 62.3 Å². The number of rotatable bonds is 2. The Kier molecular flexibility index (Phi) is 2.38. The van der Waals surface area contributed by atoms with Crippen molar-refractivity contribution in [3.8, 4) is 0 Å². The highest BCUT2D eigenvalue weighted by molar-refractivity contribution is 5.90. The largest absolute Gasteiger partial charge is 0.364 e. The zero-order chi connectivity index (χ0) is 13.9. The van der Waals surface area contributed by atoms with E-state index in [-0.39, 0.29) is 16.9 Å². The fourth-order valence-electron chi connectivity index (χ4n) is 5.26. The van der Waals surface area contributed by atoms with Crippen molar-refractivity contribution < 1.29 is 4.79 Å². The molecule has 1 aromatic rings. The summed E-state index contributed by atoms with van der Waals surface area (Å²) in [6.07, 6.45) is 9.02. The van der Waals surface area contributed by atoms with Crippen LogP contribution in [0.5, 0.6) is 0 Å². The summed E-state index contributed by atoms with van der Waals surface area (Å²) in [7, 11) is 0. The molecule has 5 nitrogen and oxygen atoms in total. The van der Waals surface area contributed by atoms with Crippen LogP contribution in [0.4, 0.5) is 0 Å². The number of amides is 1. The Bertz CT molecular complexity index is 599. The molecule has 1 heterocycles. The lowest BCUT2D eigenvalue weighted by Crippen LogP contribution is -2.55. The van der Waals surface area contributed by atoms with Gasteiger partial charge in [-0.3, -0.25) is 9.36 Å². The zero-order valence-corrected chi connectivity index (χ0v) is 11.4. The third-order valence-electron chi connectivity index (χ3n) is 5.57. The Balaban J connectivity index is 1.77. The molecule has 4 aliphatic rings. The van der Waals surface area contributed by atoms with Crippen molar-refractivity contribution in [2.24, 2.45) is 23.5 Å². The molecule has 5 rings (SSSR count). The molecule has 0 saturated heterocycles. The van der Waals surface area contributed by atoms with Gasteiger partial charge in [0.05, 0.1) is 0 Å². The lowest BCUT2D eigenvalue weighted by atomic mass is 9.53. The zero-order valence-electron chi connectivity index (χ0n) is 11.4. The van der Waals surface area contributed by atoms with E-state index in [9.17, 15) is 9.59 Å². The molecule has 4 bridgehead atoms. The Hall–Kier alpha value is -1.65. The second-order valence-electron chi connectivity index (χ2n) is 6.97. The Labute approximate surface area is 117 Å². The average molecular weight is 273 g/mol. The van der Waals surface area contributed by atoms with E-state index in [0.717, 1.165) is 37.0 Å². The minimum Gasteiger partial charge on any atom is -0.364 e. The number of nitrogens with zero attached hydrogens (tertiary/aromatic N) is 2. The van der Waals surface area contributed by atoms with Gasteiger partial charge < -0.3 is 5.73 Å². The van der Waals surface area contributed by atoms with Crippen molar-refractivity contribution in [2.45, 2.75) is 44.1 Å². The molecule has 1 aromatic heterocycles. The van der Waals surface area contributed by atoms with Gasteiger partial charge in [0.2, 0.25) is 0 Å². The first-order valence-electron chi connectivity index (χ1n) is 7.46. The summed E-state index contributed by atoms with van der Waals surface area (Å²) in [5, 5.41) is 0. The van der Waals surface area contributed by atoms with Crippen LogP contribution in [0, 0.1) is 17.8 Å². The summed E-state index contributed by atoms with van der Waals surface area (Å²) < 4.78 is 1.80. The first-order valence-corrected chi connectivity index (χ1v) is 7.46. The van der Waals surface area contributed by atoms with Crippen LogP contribution in [0.15, 0.2) is 17.1 Å². The topological polar surface area (TPSA) is 78.0 Å². The van der Waals surface area contributed by atoms with Crippen LogP contribution in [0.1, 0.15) is 49.0 Å². The highest BCUT2D eigenvalue weighted by Gasteiger charge is 2.52. The van der Waals surface area contributed by atoms with E-state index in [1.165, 1.54) is 19.3 Å². The molecular weight excluding hydrogens is 254 g/mol. The summed E-state index contributed by atoms with van der Waals surface area (Å²) in [5.41, 5.74) is 4.89. The molecule has 5 heteroatoms. The van der Waals surface area contributed by atoms with Crippen molar-refractivity contribution in [1.82, 2.24) is 9.55 Å².